The van der Waals surface area contributed by atoms with Crippen LogP contribution in [0.15, 0.2) is 100 Å². The molecule has 0 aliphatic rings. The van der Waals surface area contributed by atoms with E-state index < -0.39 is 0 Å². The summed E-state index contributed by atoms with van der Waals surface area (Å²) in [5.41, 5.74) is 5.47. The summed E-state index contributed by atoms with van der Waals surface area (Å²) in [6, 6.07) is 27.1. The molecule has 4 heterocycles. The van der Waals surface area contributed by atoms with Crippen LogP contribution in [0.4, 0.5) is 0 Å². The van der Waals surface area contributed by atoms with Gasteiger partial charge in [0.25, 0.3) is 0 Å². The molecule has 2 aromatic carbocycles. The van der Waals surface area contributed by atoms with Gasteiger partial charge in [-0.25, -0.2) is 4.98 Å². The zero-order valence-electron chi connectivity index (χ0n) is 17.9. The fourth-order valence-corrected chi connectivity index (χ4v) is 4.15. The van der Waals surface area contributed by atoms with Gasteiger partial charge >= 0.3 is 0 Å². The van der Waals surface area contributed by atoms with Gasteiger partial charge in [0.05, 0.1) is 16.6 Å². The number of hydrogen-bond acceptors (Lipinski definition) is 4. The second kappa shape index (κ2) is 7.57. The molecule has 0 saturated carbocycles. The molecule has 0 spiro atoms. The summed E-state index contributed by atoms with van der Waals surface area (Å²) < 4.78 is 5.95. The van der Waals surface area contributed by atoms with E-state index in [1.54, 1.807) is 12.3 Å². The number of H-pyrrole nitrogens is 1. The van der Waals surface area contributed by atoms with Crippen LogP contribution < -0.4 is 5.43 Å². The summed E-state index contributed by atoms with van der Waals surface area (Å²) in [6.45, 7) is 1.90. The molecule has 158 valence electrons. The smallest absolute Gasteiger partial charge is 0.191 e. The molecular weight excluding hydrogens is 410 g/mol. The fourth-order valence-electron chi connectivity index (χ4n) is 4.15. The zero-order chi connectivity index (χ0) is 22.4. The number of nitrogens with one attached hydrogen (secondary N) is 1. The van der Waals surface area contributed by atoms with Gasteiger partial charge in [0.15, 0.2) is 11.2 Å². The third-order valence-electron chi connectivity index (χ3n) is 5.79. The van der Waals surface area contributed by atoms with E-state index >= 15 is 0 Å². The van der Waals surface area contributed by atoms with Crippen LogP contribution in [0.3, 0.4) is 0 Å². The predicted octanol–water partition coefficient (Wildman–Crippen LogP) is 6.37. The van der Waals surface area contributed by atoms with Crippen LogP contribution in [0, 0.1) is 6.92 Å². The molecule has 0 aliphatic heterocycles. The van der Waals surface area contributed by atoms with E-state index in [9.17, 15) is 4.79 Å². The lowest BCUT2D eigenvalue weighted by Crippen LogP contribution is -2.06. The Hall–Kier alpha value is -4.51. The number of furan rings is 1. The molecule has 0 fully saturated rings. The Morgan fingerprint density at radius 1 is 0.848 bits per heavy atom. The van der Waals surface area contributed by atoms with Crippen LogP contribution in [0.2, 0.25) is 0 Å². The highest BCUT2D eigenvalue weighted by atomic mass is 16.3. The number of aromatic nitrogens is 3. The van der Waals surface area contributed by atoms with Gasteiger partial charge in [0.2, 0.25) is 0 Å². The summed E-state index contributed by atoms with van der Waals surface area (Å²) in [4.78, 5) is 25.8. The number of hydrogen-bond donors (Lipinski definition) is 1. The van der Waals surface area contributed by atoms with Gasteiger partial charge in [0.1, 0.15) is 17.1 Å². The Balaban J connectivity index is 1.63. The van der Waals surface area contributed by atoms with Crippen molar-refractivity contribution in [3.8, 4) is 33.8 Å². The molecule has 0 bridgehead atoms. The van der Waals surface area contributed by atoms with E-state index in [1.807, 2.05) is 79.7 Å². The highest BCUT2D eigenvalue weighted by Gasteiger charge is 2.17. The lowest BCUT2D eigenvalue weighted by Gasteiger charge is -2.11. The van der Waals surface area contributed by atoms with Crippen molar-refractivity contribution in [3.05, 3.63) is 107 Å². The quantitative estimate of drug-likeness (QED) is 0.355. The van der Waals surface area contributed by atoms with Crippen molar-refractivity contribution >= 4 is 21.9 Å². The number of benzene rings is 2. The first-order valence-electron chi connectivity index (χ1n) is 10.7. The SMILES string of the molecule is Cc1ccc(-c2nc3[nH]c(-c4ccccc4)cc(=O)c3cc2-c2ccc3ncccc3c2)o1. The summed E-state index contributed by atoms with van der Waals surface area (Å²) in [7, 11) is 0. The van der Waals surface area contributed by atoms with Crippen molar-refractivity contribution < 1.29 is 4.42 Å². The Bertz CT molecular complexity index is 1700. The zero-order valence-corrected chi connectivity index (χ0v) is 17.9. The highest BCUT2D eigenvalue weighted by molar-refractivity contribution is 5.93. The van der Waals surface area contributed by atoms with Gasteiger partial charge in [0, 0.05) is 23.2 Å². The average Bonchev–Trinajstić information content (AvgIpc) is 3.29. The normalized spacial score (nSPS) is 11.3. The van der Waals surface area contributed by atoms with Crippen LogP contribution in [0.25, 0.3) is 55.8 Å². The highest BCUT2D eigenvalue weighted by Crippen LogP contribution is 2.35. The molecule has 0 aliphatic carbocycles. The molecule has 5 heteroatoms. The number of aryl methyl sites for hydroxylation is 1. The minimum absolute atomic E-state index is 0.0824. The molecule has 6 aromatic rings. The number of aromatic amines is 1. The summed E-state index contributed by atoms with van der Waals surface area (Å²) >= 11 is 0. The summed E-state index contributed by atoms with van der Waals surface area (Å²) in [5.74, 6) is 1.45. The van der Waals surface area contributed by atoms with Crippen molar-refractivity contribution in [2.45, 2.75) is 6.92 Å². The number of pyridine rings is 3. The standard InChI is InChI=1S/C28H19N3O2/c1-17-9-12-26(33-17)27-21(19-10-11-23-20(14-19)8-5-13-29-23)15-22-25(32)16-24(30-28(22)31-27)18-6-3-2-4-7-18/h2-16H,1H3,(H,30,31,32). The monoisotopic (exact) mass is 429 g/mol. The summed E-state index contributed by atoms with van der Waals surface area (Å²) in [6.07, 6.45) is 1.78. The van der Waals surface area contributed by atoms with Crippen LogP contribution in [-0.4, -0.2) is 15.0 Å². The van der Waals surface area contributed by atoms with Crippen molar-refractivity contribution in [3.63, 3.8) is 0 Å². The number of fused-ring (bicyclic) bond motifs is 2. The van der Waals surface area contributed by atoms with E-state index in [0.717, 1.165) is 39.0 Å². The second-order valence-corrected chi connectivity index (χ2v) is 8.02. The van der Waals surface area contributed by atoms with Gasteiger partial charge < -0.3 is 9.40 Å². The lowest BCUT2D eigenvalue weighted by atomic mass is 9.99. The van der Waals surface area contributed by atoms with E-state index in [0.29, 0.717) is 22.5 Å². The minimum Gasteiger partial charge on any atom is -0.460 e. The molecule has 0 atom stereocenters. The van der Waals surface area contributed by atoms with Crippen LogP contribution >= 0.6 is 0 Å². The largest absolute Gasteiger partial charge is 0.460 e. The Morgan fingerprint density at radius 3 is 2.55 bits per heavy atom. The first kappa shape index (κ1) is 19.2. The lowest BCUT2D eigenvalue weighted by molar-refractivity contribution is 0.547. The Labute approximate surface area is 189 Å². The minimum atomic E-state index is -0.0824. The third kappa shape index (κ3) is 3.40. The van der Waals surface area contributed by atoms with E-state index in [4.69, 9.17) is 9.40 Å². The van der Waals surface area contributed by atoms with Crippen molar-refractivity contribution in [1.82, 2.24) is 15.0 Å². The van der Waals surface area contributed by atoms with Crippen LogP contribution in [0.1, 0.15) is 5.76 Å². The molecule has 33 heavy (non-hydrogen) atoms. The second-order valence-electron chi connectivity index (χ2n) is 8.02. The molecule has 5 nitrogen and oxygen atoms in total. The molecule has 0 amide bonds. The van der Waals surface area contributed by atoms with Gasteiger partial charge in [-0.3, -0.25) is 9.78 Å². The van der Waals surface area contributed by atoms with Crippen molar-refractivity contribution in [2.24, 2.45) is 0 Å². The van der Waals surface area contributed by atoms with Crippen LogP contribution in [0.5, 0.6) is 0 Å². The third-order valence-corrected chi connectivity index (χ3v) is 5.79. The molecule has 6 rings (SSSR count). The Kier molecular flexibility index (Phi) is 4.40. The van der Waals surface area contributed by atoms with Crippen LogP contribution in [-0.2, 0) is 0 Å². The van der Waals surface area contributed by atoms with Crippen molar-refractivity contribution in [1.29, 1.82) is 0 Å². The Morgan fingerprint density at radius 2 is 1.73 bits per heavy atom. The molecule has 0 radical (unpaired) electrons. The fraction of sp³-hybridized carbons (Fsp3) is 0.0357. The number of nitrogens with zero attached hydrogens (tertiary/aromatic N) is 2. The first-order valence-corrected chi connectivity index (χ1v) is 10.7. The van der Waals surface area contributed by atoms with Gasteiger partial charge in [-0.2, -0.15) is 0 Å². The average molecular weight is 429 g/mol. The predicted molar refractivity (Wildman–Crippen MR) is 131 cm³/mol. The molecular formula is C28H19N3O2. The van der Waals surface area contributed by atoms with Gasteiger partial charge in [-0.15, -0.1) is 0 Å². The van der Waals surface area contributed by atoms with E-state index in [1.165, 1.54) is 0 Å². The van der Waals surface area contributed by atoms with E-state index in [-0.39, 0.29) is 5.43 Å². The molecule has 1 N–H and O–H groups in total. The maximum Gasteiger partial charge on any atom is 0.191 e. The van der Waals surface area contributed by atoms with Crippen molar-refractivity contribution in [2.75, 3.05) is 0 Å². The topological polar surface area (TPSA) is 71.8 Å². The van der Waals surface area contributed by atoms with E-state index in [2.05, 4.69) is 16.0 Å². The maximum atomic E-state index is 13.1. The molecule has 0 unspecified atom stereocenters. The summed E-state index contributed by atoms with van der Waals surface area (Å²) in [5, 5.41) is 1.55. The maximum absolute atomic E-state index is 13.1. The van der Waals surface area contributed by atoms with Gasteiger partial charge in [-0.05, 0) is 54.4 Å². The molecule has 4 aromatic heterocycles. The first-order chi connectivity index (χ1) is 16.2. The molecule has 0 saturated heterocycles. The number of rotatable bonds is 3. The van der Waals surface area contributed by atoms with Gasteiger partial charge in [-0.1, -0.05) is 42.5 Å².